The van der Waals surface area contributed by atoms with Gasteiger partial charge in [-0.2, -0.15) is 0 Å². The lowest BCUT2D eigenvalue weighted by molar-refractivity contribution is 0.0696. The van der Waals surface area contributed by atoms with E-state index >= 15 is 0 Å². The molecule has 3 N–H and O–H groups in total. The molecule has 0 aliphatic rings. The lowest BCUT2D eigenvalue weighted by Crippen LogP contribution is -1.96. The number of aromatic hydroxyl groups is 2. The molecule has 0 saturated carbocycles. The van der Waals surface area contributed by atoms with Crippen molar-refractivity contribution in [2.45, 2.75) is 0 Å². The third kappa shape index (κ3) is 2.35. The fourth-order valence-electron chi connectivity index (χ4n) is 1.43. The molecule has 0 bridgehead atoms. The number of aromatic carboxylic acids is 1. The van der Waals surface area contributed by atoms with E-state index in [-0.39, 0.29) is 11.3 Å². The number of hydrogen-bond acceptors (Lipinski definition) is 4. The Bertz CT molecular complexity index is 554. The largest absolute Gasteiger partial charge is 0.504 e. The van der Waals surface area contributed by atoms with Gasteiger partial charge in [-0.05, 0) is 24.3 Å². The van der Waals surface area contributed by atoms with Gasteiger partial charge in [0.2, 0.25) is 5.75 Å². The normalized spacial score (nSPS) is 10.0. The van der Waals surface area contributed by atoms with Crippen LogP contribution in [0.25, 0.3) is 0 Å². The highest BCUT2D eigenvalue weighted by Crippen LogP contribution is 2.39. The molecule has 2 aromatic carbocycles. The lowest BCUT2D eigenvalue weighted by Gasteiger charge is -2.10. The standard InChI is InChI=1S/C13H10O5/c14-10-6-8(13(16)17)7-11(15)12(10)18-9-4-2-1-3-5-9/h1-7,14-15H,(H,16,17). The van der Waals surface area contributed by atoms with E-state index < -0.39 is 17.5 Å². The summed E-state index contributed by atoms with van der Waals surface area (Å²) in [6, 6.07) is 10.6. The Morgan fingerprint density at radius 3 is 2.06 bits per heavy atom. The summed E-state index contributed by atoms with van der Waals surface area (Å²) in [7, 11) is 0. The maximum atomic E-state index is 10.7. The number of rotatable bonds is 3. The van der Waals surface area contributed by atoms with Crippen molar-refractivity contribution in [1.29, 1.82) is 0 Å². The molecule has 18 heavy (non-hydrogen) atoms. The van der Waals surface area contributed by atoms with Crippen LogP contribution in [0.2, 0.25) is 0 Å². The van der Waals surface area contributed by atoms with Crippen molar-refractivity contribution in [3.8, 4) is 23.0 Å². The molecular formula is C13H10O5. The van der Waals surface area contributed by atoms with Crippen LogP contribution in [0.5, 0.6) is 23.0 Å². The Kier molecular flexibility index (Phi) is 3.05. The Hall–Kier alpha value is -2.69. The highest BCUT2D eigenvalue weighted by Gasteiger charge is 2.15. The number of carboxylic acid groups (broad SMARTS) is 1. The third-order valence-corrected chi connectivity index (χ3v) is 2.26. The molecular weight excluding hydrogens is 236 g/mol. The molecule has 0 atom stereocenters. The summed E-state index contributed by atoms with van der Waals surface area (Å²) in [6.45, 7) is 0. The smallest absolute Gasteiger partial charge is 0.335 e. The third-order valence-electron chi connectivity index (χ3n) is 2.26. The van der Waals surface area contributed by atoms with Crippen molar-refractivity contribution < 1.29 is 24.9 Å². The Morgan fingerprint density at radius 1 is 1.00 bits per heavy atom. The minimum Gasteiger partial charge on any atom is -0.504 e. The van der Waals surface area contributed by atoms with Crippen molar-refractivity contribution >= 4 is 5.97 Å². The first kappa shape index (κ1) is 11.8. The van der Waals surface area contributed by atoms with E-state index in [9.17, 15) is 15.0 Å². The highest BCUT2D eigenvalue weighted by atomic mass is 16.5. The number of phenolic OH excluding ortho intramolecular Hbond substituents is 2. The van der Waals surface area contributed by atoms with Crippen molar-refractivity contribution in [3.63, 3.8) is 0 Å². The molecule has 0 radical (unpaired) electrons. The lowest BCUT2D eigenvalue weighted by atomic mass is 10.2. The monoisotopic (exact) mass is 246 g/mol. The van der Waals surface area contributed by atoms with Crippen molar-refractivity contribution in [2.24, 2.45) is 0 Å². The average Bonchev–Trinajstić information content (AvgIpc) is 2.34. The topological polar surface area (TPSA) is 87.0 Å². The van der Waals surface area contributed by atoms with Gasteiger partial charge < -0.3 is 20.1 Å². The van der Waals surface area contributed by atoms with Gasteiger partial charge in [-0.3, -0.25) is 0 Å². The van der Waals surface area contributed by atoms with Gasteiger partial charge in [0.1, 0.15) is 5.75 Å². The molecule has 2 aromatic rings. The number of hydrogen-bond donors (Lipinski definition) is 3. The molecule has 5 nitrogen and oxygen atoms in total. The van der Waals surface area contributed by atoms with E-state index in [0.717, 1.165) is 12.1 Å². The van der Waals surface area contributed by atoms with Crippen LogP contribution in [0.15, 0.2) is 42.5 Å². The van der Waals surface area contributed by atoms with E-state index in [1.807, 2.05) is 0 Å². The molecule has 0 saturated heterocycles. The summed E-state index contributed by atoms with van der Waals surface area (Å²) >= 11 is 0. The Balaban J connectivity index is 2.37. The van der Waals surface area contributed by atoms with E-state index in [1.165, 1.54) is 0 Å². The van der Waals surface area contributed by atoms with Crippen LogP contribution in [-0.4, -0.2) is 21.3 Å². The molecule has 0 spiro atoms. The first-order valence-corrected chi connectivity index (χ1v) is 5.10. The van der Waals surface area contributed by atoms with Gasteiger partial charge in [-0.1, -0.05) is 18.2 Å². The summed E-state index contributed by atoms with van der Waals surface area (Å²) in [5, 5.41) is 28.0. The van der Waals surface area contributed by atoms with Gasteiger partial charge in [-0.25, -0.2) is 4.79 Å². The number of carboxylic acids is 1. The first-order valence-electron chi connectivity index (χ1n) is 5.10. The van der Waals surface area contributed by atoms with Crippen molar-refractivity contribution in [1.82, 2.24) is 0 Å². The predicted molar refractivity (Wildman–Crippen MR) is 63.2 cm³/mol. The first-order chi connectivity index (χ1) is 8.58. The predicted octanol–water partition coefficient (Wildman–Crippen LogP) is 2.59. The van der Waals surface area contributed by atoms with Gasteiger partial charge in [-0.15, -0.1) is 0 Å². The summed E-state index contributed by atoms with van der Waals surface area (Å²) < 4.78 is 5.28. The van der Waals surface area contributed by atoms with Gasteiger partial charge in [0, 0.05) is 0 Å². The number of carbonyl (C=O) groups is 1. The van der Waals surface area contributed by atoms with Gasteiger partial charge in [0.05, 0.1) is 5.56 Å². The molecule has 0 amide bonds. The van der Waals surface area contributed by atoms with E-state index in [4.69, 9.17) is 9.84 Å². The quantitative estimate of drug-likeness (QED) is 0.774. The van der Waals surface area contributed by atoms with Gasteiger partial charge in [0.15, 0.2) is 11.5 Å². The van der Waals surface area contributed by atoms with Crippen LogP contribution < -0.4 is 4.74 Å². The van der Waals surface area contributed by atoms with Gasteiger partial charge in [0.25, 0.3) is 0 Å². The molecule has 0 aliphatic heterocycles. The Labute approximate surface area is 103 Å². The second kappa shape index (κ2) is 4.67. The fourth-order valence-corrected chi connectivity index (χ4v) is 1.43. The highest BCUT2D eigenvalue weighted by molar-refractivity contribution is 5.89. The summed E-state index contributed by atoms with van der Waals surface area (Å²) in [5.41, 5.74) is -0.217. The number of benzene rings is 2. The average molecular weight is 246 g/mol. The second-order valence-corrected chi connectivity index (χ2v) is 3.56. The number of para-hydroxylation sites is 1. The van der Waals surface area contributed by atoms with Crippen LogP contribution in [0.3, 0.4) is 0 Å². The summed E-state index contributed by atoms with van der Waals surface area (Å²) in [5.74, 6) is -1.86. The van der Waals surface area contributed by atoms with E-state index in [0.29, 0.717) is 5.75 Å². The zero-order valence-corrected chi connectivity index (χ0v) is 9.20. The Morgan fingerprint density at radius 2 is 1.56 bits per heavy atom. The van der Waals surface area contributed by atoms with Crippen LogP contribution in [0.1, 0.15) is 10.4 Å². The van der Waals surface area contributed by atoms with E-state index in [1.54, 1.807) is 30.3 Å². The molecule has 0 aliphatic carbocycles. The molecule has 0 aromatic heterocycles. The minimum atomic E-state index is -1.24. The molecule has 92 valence electrons. The van der Waals surface area contributed by atoms with E-state index in [2.05, 4.69) is 0 Å². The molecule has 0 unspecified atom stereocenters. The van der Waals surface area contributed by atoms with Crippen molar-refractivity contribution in [2.75, 3.05) is 0 Å². The molecule has 5 heteroatoms. The van der Waals surface area contributed by atoms with Crippen molar-refractivity contribution in [3.05, 3.63) is 48.0 Å². The molecule has 2 rings (SSSR count). The second-order valence-electron chi connectivity index (χ2n) is 3.56. The zero-order chi connectivity index (χ0) is 13.1. The SMILES string of the molecule is O=C(O)c1cc(O)c(Oc2ccccc2)c(O)c1. The maximum Gasteiger partial charge on any atom is 0.335 e. The van der Waals surface area contributed by atoms with Crippen LogP contribution in [0.4, 0.5) is 0 Å². The summed E-state index contributed by atoms with van der Waals surface area (Å²) in [4.78, 5) is 10.7. The van der Waals surface area contributed by atoms with Crippen LogP contribution >= 0.6 is 0 Å². The molecule has 0 fully saturated rings. The van der Waals surface area contributed by atoms with Crippen LogP contribution in [0, 0.1) is 0 Å². The molecule has 0 heterocycles. The minimum absolute atomic E-state index is 0.175. The maximum absolute atomic E-state index is 10.7. The summed E-state index contributed by atoms with van der Waals surface area (Å²) in [6.07, 6.45) is 0. The zero-order valence-electron chi connectivity index (χ0n) is 9.20. The van der Waals surface area contributed by atoms with Gasteiger partial charge >= 0.3 is 5.97 Å². The fraction of sp³-hybridized carbons (Fsp3) is 0. The van der Waals surface area contributed by atoms with Crippen LogP contribution in [-0.2, 0) is 0 Å². The number of phenols is 2. The number of ether oxygens (including phenoxy) is 1.